The zero-order valence-electron chi connectivity index (χ0n) is 20.6. The first-order chi connectivity index (χ1) is 16.7. The molecule has 0 spiro atoms. The molecule has 0 saturated carbocycles. The second-order valence-corrected chi connectivity index (χ2v) is 9.57. The molecule has 0 aromatic heterocycles. The van der Waals surface area contributed by atoms with Gasteiger partial charge in [-0.1, -0.05) is 29.8 Å². The number of carbonyl (C=O) groups is 2. The molecule has 4 rings (SSSR count). The van der Waals surface area contributed by atoms with Gasteiger partial charge in [-0.05, 0) is 56.9 Å². The van der Waals surface area contributed by atoms with Crippen molar-refractivity contribution < 1.29 is 23.8 Å². The lowest BCUT2D eigenvalue weighted by atomic mass is 9.71. The van der Waals surface area contributed by atoms with Gasteiger partial charge >= 0.3 is 5.97 Å². The molecular weight excluding hydrogens is 466 g/mol. The van der Waals surface area contributed by atoms with Gasteiger partial charge < -0.3 is 19.5 Å². The minimum atomic E-state index is -0.614. The fourth-order valence-corrected chi connectivity index (χ4v) is 5.05. The number of ether oxygens (including phenoxy) is 3. The summed E-state index contributed by atoms with van der Waals surface area (Å²) in [5.41, 5.74) is 4.26. The second kappa shape index (κ2) is 10.2. The minimum Gasteiger partial charge on any atom is -0.497 e. The van der Waals surface area contributed by atoms with Crippen LogP contribution in [0, 0.1) is 0 Å². The second-order valence-electron chi connectivity index (χ2n) is 9.13. The third-order valence-electron chi connectivity index (χ3n) is 6.48. The maximum atomic E-state index is 13.7. The largest absolute Gasteiger partial charge is 0.497 e. The fourth-order valence-electron chi connectivity index (χ4n) is 4.93. The molecule has 6 nitrogen and oxygen atoms in total. The molecule has 0 fully saturated rings. The normalized spacial score (nSPS) is 19.9. The van der Waals surface area contributed by atoms with Gasteiger partial charge in [0, 0.05) is 40.0 Å². The molecule has 184 valence electrons. The molecule has 2 aliphatic rings. The molecule has 7 heteroatoms. The van der Waals surface area contributed by atoms with E-state index in [1.165, 1.54) is 0 Å². The number of Topliss-reactive ketones (excluding diaryl/α,β-unsaturated/α-hetero) is 1. The number of ketones is 1. The fraction of sp³-hybridized carbons (Fsp3) is 0.357. The summed E-state index contributed by atoms with van der Waals surface area (Å²) in [6.07, 6.45) is 0.678. The van der Waals surface area contributed by atoms with Gasteiger partial charge in [-0.25, -0.2) is 4.79 Å². The van der Waals surface area contributed by atoms with Crippen LogP contribution in [0.25, 0.3) is 0 Å². The van der Waals surface area contributed by atoms with Crippen LogP contribution in [0.2, 0.25) is 5.02 Å². The molecule has 35 heavy (non-hydrogen) atoms. The Morgan fingerprint density at radius 3 is 2.40 bits per heavy atom. The van der Waals surface area contributed by atoms with E-state index in [2.05, 4.69) is 5.32 Å². The highest BCUT2D eigenvalue weighted by atomic mass is 35.5. The van der Waals surface area contributed by atoms with Crippen LogP contribution >= 0.6 is 11.6 Å². The van der Waals surface area contributed by atoms with Gasteiger partial charge in [-0.3, -0.25) is 4.79 Å². The summed E-state index contributed by atoms with van der Waals surface area (Å²) in [6, 6.07) is 13.0. The van der Waals surface area contributed by atoms with Crippen LogP contribution in [0.4, 0.5) is 0 Å². The van der Waals surface area contributed by atoms with Crippen LogP contribution in [0.15, 0.2) is 65.0 Å². The number of carbonyl (C=O) groups excluding carboxylic acids is 2. The van der Waals surface area contributed by atoms with Crippen molar-refractivity contribution in [2.75, 3.05) is 14.2 Å². The predicted molar refractivity (Wildman–Crippen MR) is 135 cm³/mol. The molecule has 0 saturated heterocycles. The molecule has 1 aliphatic carbocycles. The van der Waals surface area contributed by atoms with Gasteiger partial charge in [0.2, 0.25) is 0 Å². The molecule has 2 aromatic carbocycles. The molecular formula is C28H30ClNO5. The van der Waals surface area contributed by atoms with E-state index in [0.29, 0.717) is 46.2 Å². The summed E-state index contributed by atoms with van der Waals surface area (Å²) in [4.78, 5) is 27.0. The summed E-state index contributed by atoms with van der Waals surface area (Å²) in [5.74, 6) is 0.103. The van der Waals surface area contributed by atoms with Gasteiger partial charge in [0.15, 0.2) is 5.78 Å². The molecule has 1 heterocycles. The average molecular weight is 496 g/mol. The number of halogens is 1. The number of rotatable bonds is 6. The average Bonchev–Trinajstić information content (AvgIpc) is 2.82. The molecule has 1 N–H and O–H groups in total. The van der Waals surface area contributed by atoms with Crippen molar-refractivity contribution in [3.05, 3.63) is 81.2 Å². The van der Waals surface area contributed by atoms with Crippen molar-refractivity contribution in [2.24, 2.45) is 0 Å². The zero-order valence-corrected chi connectivity index (χ0v) is 21.4. The van der Waals surface area contributed by atoms with E-state index in [1.807, 2.05) is 43.3 Å². The first-order valence-electron chi connectivity index (χ1n) is 11.7. The summed E-state index contributed by atoms with van der Waals surface area (Å²) in [5, 5.41) is 4.03. The van der Waals surface area contributed by atoms with Crippen LogP contribution in [0.3, 0.4) is 0 Å². The first kappa shape index (κ1) is 24.9. The van der Waals surface area contributed by atoms with Crippen molar-refractivity contribution in [1.82, 2.24) is 5.32 Å². The first-order valence-corrected chi connectivity index (χ1v) is 12.0. The standard InChI is InChI=1S/C28H30ClNO5/c1-15(2)35-28(32)25-16(3)30-22-12-18(17-6-8-19(29)9-7-17)13-23(31)27(22)26(25)21-11-10-20(33-4)14-24(21)34-5/h6-11,14-15,18,26,30H,12-13H2,1-5H3/t18-,26+/m0/s1. The van der Waals surface area contributed by atoms with Crippen molar-refractivity contribution in [3.8, 4) is 11.5 Å². The van der Waals surface area contributed by atoms with Gasteiger partial charge in [0.05, 0.1) is 31.8 Å². The number of methoxy groups -OCH3 is 2. The van der Waals surface area contributed by atoms with Gasteiger partial charge in [-0.15, -0.1) is 0 Å². The van der Waals surface area contributed by atoms with E-state index in [0.717, 1.165) is 16.8 Å². The van der Waals surface area contributed by atoms with Crippen molar-refractivity contribution in [1.29, 1.82) is 0 Å². The summed E-state index contributed by atoms with van der Waals surface area (Å²) < 4.78 is 16.6. The number of allylic oxidation sites excluding steroid dienone is 3. The highest BCUT2D eigenvalue weighted by Crippen LogP contribution is 2.48. The van der Waals surface area contributed by atoms with Crippen molar-refractivity contribution in [3.63, 3.8) is 0 Å². The quantitative estimate of drug-likeness (QED) is 0.520. The Kier molecular flexibility index (Phi) is 7.22. The number of hydrogen-bond acceptors (Lipinski definition) is 6. The molecule has 2 atom stereocenters. The number of benzene rings is 2. The summed E-state index contributed by atoms with van der Waals surface area (Å²) in [7, 11) is 3.15. The van der Waals surface area contributed by atoms with Gasteiger partial charge in [-0.2, -0.15) is 0 Å². The van der Waals surface area contributed by atoms with E-state index < -0.39 is 11.9 Å². The highest BCUT2D eigenvalue weighted by Gasteiger charge is 2.42. The van der Waals surface area contributed by atoms with E-state index in [1.54, 1.807) is 34.1 Å². The van der Waals surface area contributed by atoms with Crippen molar-refractivity contribution in [2.45, 2.75) is 51.6 Å². The van der Waals surface area contributed by atoms with Crippen LogP contribution < -0.4 is 14.8 Å². The smallest absolute Gasteiger partial charge is 0.337 e. The highest BCUT2D eigenvalue weighted by molar-refractivity contribution is 6.30. The van der Waals surface area contributed by atoms with Crippen LogP contribution in [0.1, 0.15) is 56.6 Å². The molecule has 2 aromatic rings. The van der Waals surface area contributed by atoms with Crippen LogP contribution in [0.5, 0.6) is 11.5 Å². The van der Waals surface area contributed by atoms with Crippen LogP contribution in [-0.4, -0.2) is 32.1 Å². The molecule has 0 amide bonds. The molecule has 0 bridgehead atoms. The lowest BCUT2D eigenvalue weighted by Crippen LogP contribution is -2.36. The monoisotopic (exact) mass is 495 g/mol. The number of hydrogen-bond donors (Lipinski definition) is 1. The zero-order chi connectivity index (χ0) is 25.3. The van der Waals surface area contributed by atoms with Crippen LogP contribution in [-0.2, 0) is 14.3 Å². The molecule has 0 radical (unpaired) electrons. The SMILES string of the molecule is COc1ccc([C@@H]2C(C(=O)OC(C)C)=C(C)NC3=C2C(=O)C[C@@H](c2ccc(Cl)cc2)C3)c(OC)c1. The third kappa shape index (κ3) is 4.94. The lowest BCUT2D eigenvalue weighted by Gasteiger charge is -2.37. The van der Waals surface area contributed by atoms with E-state index in [4.69, 9.17) is 25.8 Å². The van der Waals surface area contributed by atoms with Gasteiger partial charge in [0.25, 0.3) is 0 Å². The Bertz CT molecular complexity index is 1210. The Hall–Kier alpha value is -3.25. The Balaban J connectivity index is 1.84. The summed E-state index contributed by atoms with van der Waals surface area (Å²) in [6.45, 7) is 5.46. The van der Waals surface area contributed by atoms with Crippen molar-refractivity contribution >= 4 is 23.4 Å². The number of esters is 1. The Labute approximate surface area is 210 Å². The maximum absolute atomic E-state index is 13.7. The molecule has 1 aliphatic heterocycles. The molecule has 0 unspecified atom stereocenters. The predicted octanol–water partition coefficient (Wildman–Crippen LogP) is 5.67. The van der Waals surface area contributed by atoms with Gasteiger partial charge in [0.1, 0.15) is 11.5 Å². The van der Waals surface area contributed by atoms with E-state index >= 15 is 0 Å². The lowest BCUT2D eigenvalue weighted by molar-refractivity contribution is -0.143. The number of dihydropyridines is 1. The minimum absolute atomic E-state index is 0.0103. The Morgan fingerprint density at radius 2 is 1.77 bits per heavy atom. The maximum Gasteiger partial charge on any atom is 0.337 e. The van der Waals surface area contributed by atoms with E-state index in [-0.39, 0.29) is 17.8 Å². The number of nitrogens with one attached hydrogen (secondary N) is 1. The topological polar surface area (TPSA) is 73.9 Å². The Morgan fingerprint density at radius 1 is 1.06 bits per heavy atom. The summed E-state index contributed by atoms with van der Waals surface area (Å²) >= 11 is 6.07. The van der Waals surface area contributed by atoms with E-state index in [9.17, 15) is 9.59 Å². The third-order valence-corrected chi connectivity index (χ3v) is 6.74.